The van der Waals surface area contributed by atoms with E-state index in [4.69, 9.17) is 10.5 Å². The molecule has 0 aromatic carbocycles. The van der Waals surface area contributed by atoms with Crippen LogP contribution in [0.5, 0.6) is 0 Å². The van der Waals surface area contributed by atoms with E-state index in [1.165, 1.54) is 0 Å². The number of rotatable bonds is 4. The molecule has 2 aliphatic heterocycles. The first-order chi connectivity index (χ1) is 11.1. The maximum atomic E-state index is 11.6. The molecule has 2 N–H and O–H groups in total. The molecule has 0 aliphatic carbocycles. The van der Waals surface area contributed by atoms with Gasteiger partial charge in [-0.3, -0.25) is 4.79 Å². The molecule has 1 aromatic heterocycles. The smallest absolute Gasteiger partial charge is 0.223 e. The molecule has 3 heterocycles. The summed E-state index contributed by atoms with van der Waals surface area (Å²) >= 11 is 0. The molecular formula is C17H26N4O2. The van der Waals surface area contributed by atoms with Crippen LogP contribution in [-0.2, 0) is 16.0 Å². The van der Waals surface area contributed by atoms with E-state index in [0.29, 0.717) is 12.5 Å². The number of hydrogen-bond donors (Lipinski definition) is 1. The fraction of sp³-hybridized carbons (Fsp3) is 0.706. The first-order valence-electron chi connectivity index (χ1n) is 8.59. The summed E-state index contributed by atoms with van der Waals surface area (Å²) in [5.74, 6) is 1.94. The molecule has 6 nitrogen and oxygen atoms in total. The minimum absolute atomic E-state index is 0.00740. The molecule has 23 heavy (non-hydrogen) atoms. The average molecular weight is 318 g/mol. The van der Waals surface area contributed by atoms with Crippen LogP contribution >= 0.6 is 0 Å². The van der Waals surface area contributed by atoms with Gasteiger partial charge in [0.05, 0.1) is 12.0 Å². The lowest BCUT2D eigenvalue weighted by Gasteiger charge is -2.36. The molecule has 0 bridgehead atoms. The second kappa shape index (κ2) is 6.83. The van der Waals surface area contributed by atoms with Crippen LogP contribution in [0.25, 0.3) is 0 Å². The number of aromatic nitrogens is 2. The Morgan fingerprint density at radius 2 is 2.09 bits per heavy atom. The van der Waals surface area contributed by atoms with Crippen molar-refractivity contribution in [1.82, 2.24) is 9.97 Å². The van der Waals surface area contributed by atoms with Crippen LogP contribution in [0.3, 0.4) is 0 Å². The SMILES string of the molecule is CCc1cc(N2CCC([C@H]3OCC[C@@H]3C(N)=O)CC2)nc(C)n1. The highest BCUT2D eigenvalue weighted by atomic mass is 16.5. The second-order valence-electron chi connectivity index (χ2n) is 6.58. The van der Waals surface area contributed by atoms with Gasteiger partial charge in [0.1, 0.15) is 11.6 Å². The van der Waals surface area contributed by atoms with Crippen LogP contribution in [-0.4, -0.2) is 41.7 Å². The minimum atomic E-state index is -0.214. The molecule has 6 heteroatoms. The van der Waals surface area contributed by atoms with Crippen LogP contribution in [0, 0.1) is 18.8 Å². The molecule has 0 radical (unpaired) electrons. The fourth-order valence-electron chi connectivity index (χ4n) is 3.79. The van der Waals surface area contributed by atoms with Crippen molar-refractivity contribution < 1.29 is 9.53 Å². The lowest BCUT2D eigenvalue weighted by Crippen LogP contribution is -2.42. The number of piperidine rings is 1. The molecular weight excluding hydrogens is 292 g/mol. The molecule has 2 saturated heterocycles. The molecule has 126 valence electrons. The van der Waals surface area contributed by atoms with E-state index in [-0.39, 0.29) is 17.9 Å². The zero-order valence-corrected chi connectivity index (χ0v) is 14.0. The zero-order valence-electron chi connectivity index (χ0n) is 14.0. The zero-order chi connectivity index (χ0) is 16.4. The van der Waals surface area contributed by atoms with Gasteiger partial charge in [0.2, 0.25) is 5.91 Å². The van der Waals surface area contributed by atoms with Gasteiger partial charge in [-0.05, 0) is 38.5 Å². The normalized spacial score (nSPS) is 25.7. The molecule has 2 aliphatic rings. The van der Waals surface area contributed by atoms with E-state index >= 15 is 0 Å². The first kappa shape index (κ1) is 16.2. The van der Waals surface area contributed by atoms with E-state index < -0.39 is 0 Å². The second-order valence-corrected chi connectivity index (χ2v) is 6.58. The Bertz CT molecular complexity index is 570. The van der Waals surface area contributed by atoms with Gasteiger partial charge >= 0.3 is 0 Å². The van der Waals surface area contributed by atoms with Crippen LogP contribution in [0.1, 0.15) is 37.7 Å². The number of aryl methyl sites for hydroxylation is 2. The third-order valence-electron chi connectivity index (χ3n) is 5.07. The Kier molecular flexibility index (Phi) is 4.80. The monoisotopic (exact) mass is 318 g/mol. The van der Waals surface area contributed by atoms with E-state index in [1.807, 2.05) is 6.92 Å². The van der Waals surface area contributed by atoms with E-state index in [2.05, 4.69) is 27.9 Å². The summed E-state index contributed by atoms with van der Waals surface area (Å²) in [6.07, 6.45) is 3.72. The summed E-state index contributed by atoms with van der Waals surface area (Å²) in [5.41, 5.74) is 6.60. The number of carbonyl (C=O) groups is 1. The first-order valence-corrected chi connectivity index (χ1v) is 8.59. The molecule has 1 amide bonds. The van der Waals surface area contributed by atoms with Crippen molar-refractivity contribution in [2.45, 2.75) is 45.6 Å². The number of nitrogens with zero attached hydrogens (tertiary/aromatic N) is 3. The minimum Gasteiger partial charge on any atom is -0.377 e. The number of nitrogens with two attached hydrogens (primary N) is 1. The van der Waals surface area contributed by atoms with Crippen molar-refractivity contribution in [1.29, 1.82) is 0 Å². The summed E-state index contributed by atoms with van der Waals surface area (Å²) in [6.45, 7) is 6.59. The van der Waals surface area contributed by atoms with E-state index in [1.54, 1.807) is 0 Å². The Morgan fingerprint density at radius 1 is 1.35 bits per heavy atom. The average Bonchev–Trinajstić information content (AvgIpc) is 3.04. The predicted octanol–water partition coefficient (Wildman–Crippen LogP) is 1.45. The number of anilines is 1. The topological polar surface area (TPSA) is 81.3 Å². The van der Waals surface area contributed by atoms with Gasteiger partial charge < -0.3 is 15.4 Å². The van der Waals surface area contributed by atoms with E-state index in [0.717, 1.165) is 56.1 Å². The van der Waals surface area contributed by atoms with Gasteiger partial charge in [-0.15, -0.1) is 0 Å². The van der Waals surface area contributed by atoms with Gasteiger partial charge in [-0.1, -0.05) is 6.92 Å². The summed E-state index contributed by atoms with van der Waals surface area (Å²) < 4.78 is 5.82. The van der Waals surface area contributed by atoms with Crippen LogP contribution in [0.2, 0.25) is 0 Å². The van der Waals surface area contributed by atoms with Gasteiger partial charge in [-0.25, -0.2) is 9.97 Å². The Balaban J connectivity index is 1.64. The van der Waals surface area contributed by atoms with E-state index in [9.17, 15) is 4.79 Å². The van der Waals surface area contributed by atoms with Crippen molar-refractivity contribution in [3.05, 3.63) is 17.6 Å². The third kappa shape index (κ3) is 3.47. The van der Waals surface area contributed by atoms with Gasteiger partial charge in [-0.2, -0.15) is 0 Å². The number of hydrogen-bond acceptors (Lipinski definition) is 5. The number of primary amides is 1. The fourth-order valence-corrected chi connectivity index (χ4v) is 3.79. The van der Waals surface area contributed by atoms with Crippen molar-refractivity contribution in [3.63, 3.8) is 0 Å². The maximum Gasteiger partial charge on any atom is 0.223 e. The molecule has 0 unspecified atom stereocenters. The summed E-state index contributed by atoms with van der Waals surface area (Å²) in [4.78, 5) is 22.9. The Hall–Kier alpha value is -1.69. The summed E-state index contributed by atoms with van der Waals surface area (Å²) in [7, 11) is 0. The van der Waals surface area contributed by atoms with Crippen LogP contribution < -0.4 is 10.6 Å². The van der Waals surface area contributed by atoms with Crippen LogP contribution in [0.4, 0.5) is 5.82 Å². The van der Waals surface area contributed by atoms with Crippen molar-refractivity contribution >= 4 is 11.7 Å². The largest absolute Gasteiger partial charge is 0.377 e. The molecule has 3 rings (SSSR count). The Morgan fingerprint density at radius 3 is 2.74 bits per heavy atom. The van der Waals surface area contributed by atoms with Gasteiger partial charge in [0, 0.05) is 31.5 Å². The molecule has 0 spiro atoms. The van der Waals surface area contributed by atoms with Gasteiger partial charge in [0.25, 0.3) is 0 Å². The third-order valence-corrected chi connectivity index (χ3v) is 5.07. The standard InChI is InChI=1S/C17H26N4O2/c1-3-13-10-15(20-11(2)19-13)21-7-4-12(5-8-21)16-14(17(18)22)6-9-23-16/h10,12,14,16H,3-9H2,1-2H3,(H2,18,22)/t14-,16+/m0/s1. The highest BCUT2D eigenvalue weighted by Crippen LogP contribution is 2.33. The quantitative estimate of drug-likeness (QED) is 0.909. The highest BCUT2D eigenvalue weighted by molar-refractivity contribution is 5.77. The van der Waals surface area contributed by atoms with Gasteiger partial charge in [0.15, 0.2) is 0 Å². The predicted molar refractivity (Wildman–Crippen MR) is 88.1 cm³/mol. The summed E-state index contributed by atoms with van der Waals surface area (Å²) in [6, 6.07) is 2.09. The highest BCUT2D eigenvalue weighted by Gasteiger charge is 2.39. The molecule has 2 atom stereocenters. The molecule has 0 saturated carbocycles. The number of ether oxygens (including phenoxy) is 1. The number of amides is 1. The Labute approximate surface area is 137 Å². The lowest BCUT2D eigenvalue weighted by atomic mass is 9.84. The maximum absolute atomic E-state index is 11.6. The molecule has 2 fully saturated rings. The summed E-state index contributed by atoms with van der Waals surface area (Å²) in [5, 5.41) is 0. The molecule has 1 aromatic rings. The lowest BCUT2D eigenvalue weighted by molar-refractivity contribution is -0.124. The number of carbonyl (C=O) groups excluding carboxylic acids is 1. The van der Waals surface area contributed by atoms with Crippen molar-refractivity contribution in [2.75, 3.05) is 24.6 Å². The van der Waals surface area contributed by atoms with Crippen LogP contribution in [0.15, 0.2) is 6.07 Å². The van der Waals surface area contributed by atoms with Crippen molar-refractivity contribution in [2.24, 2.45) is 17.6 Å². The van der Waals surface area contributed by atoms with Crippen molar-refractivity contribution in [3.8, 4) is 0 Å².